The molecule has 0 unspecified atom stereocenters. The molecule has 5 aliphatic rings. The molecule has 4 aliphatic carbocycles. The van der Waals surface area contributed by atoms with Gasteiger partial charge in [-0.3, -0.25) is 9.59 Å². The Kier molecular flexibility index (Phi) is 7.78. The van der Waals surface area contributed by atoms with Crippen LogP contribution in [0.25, 0.3) is 0 Å². The van der Waals surface area contributed by atoms with E-state index in [0.717, 1.165) is 56.9 Å². The van der Waals surface area contributed by atoms with E-state index in [1.165, 1.54) is 37.0 Å². The third kappa shape index (κ3) is 4.78. The molecule has 9 atom stereocenters. The zero-order valence-corrected chi connectivity index (χ0v) is 25.7. The highest BCUT2D eigenvalue weighted by Crippen LogP contribution is 2.72. The number of hydrogen-bond acceptors (Lipinski definition) is 4. The zero-order valence-electron chi connectivity index (χ0n) is 25.7. The molecule has 5 nitrogen and oxygen atoms in total. The normalized spacial score (nSPS) is 41.4. The predicted octanol–water partition coefficient (Wildman–Crippen LogP) is 7.50. The Labute approximate surface area is 236 Å². The smallest absolute Gasteiger partial charge is 0.305 e. The van der Waals surface area contributed by atoms with Crippen molar-refractivity contribution in [3.8, 4) is 0 Å². The number of hydrogen-bond donors (Lipinski definition) is 1. The van der Waals surface area contributed by atoms with Gasteiger partial charge in [0.15, 0.2) is 0 Å². The topological polar surface area (TPSA) is 64.6 Å². The lowest BCUT2D eigenvalue weighted by Gasteiger charge is -2.58. The molecule has 1 amide bonds. The van der Waals surface area contributed by atoms with Crippen LogP contribution in [-0.4, -0.2) is 30.1 Å². The first-order valence-electron chi connectivity index (χ1n) is 16.0. The fraction of sp³-hybridized carbons (Fsp3) is 0.824. The highest BCUT2D eigenvalue weighted by atomic mass is 16.5. The van der Waals surface area contributed by atoms with E-state index in [-0.39, 0.29) is 29.0 Å². The van der Waals surface area contributed by atoms with Crippen molar-refractivity contribution in [3.63, 3.8) is 0 Å². The third-order valence-electron chi connectivity index (χ3n) is 12.2. The van der Waals surface area contributed by atoms with Crippen molar-refractivity contribution < 1.29 is 19.1 Å². The number of amides is 1. The first kappa shape index (κ1) is 28.7. The Morgan fingerprint density at radius 1 is 1.18 bits per heavy atom. The third-order valence-corrected chi connectivity index (χ3v) is 12.2. The number of allylic oxidation sites excluding steroid dienone is 2. The second kappa shape index (κ2) is 10.6. The van der Waals surface area contributed by atoms with Gasteiger partial charge in [-0.15, -0.1) is 0 Å². The summed E-state index contributed by atoms with van der Waals surface area (Å²) in [4.78, 5) is 23.3. The van der Waals surface area contributed by atoms with Crippen molar-refractivity contribution in [3.05, 3.63) is 23.0 Å². The highest BCUT2D eigenvalue weighted by Gasteiger charge is 2.68. The molecule has 0 aromatic carbocycles. The highest BCUT2D eigenvalue weighted by molar-refractivity contribution is 5.72. The molecular weight excluding hydrogens is 486 g/mol. The van der Waals surface area contributed by atoms with Gasteiger partial charge < -0.3 is 14.8 Å². The molecule has 0 aromatic rings. The molecule has 0 aromatic heterocycles. The number of rotatable bonds is 8. The van der Waals surface area contributed by atoms with Gasteiger partial charge in [-0.25, -0.2) is 0 Å². The lowest BCUT2D eigenvalue weighted by molar-refractivity contribution is -0.151. The molecule has 0 radical (unpaired) electrons. The fourth-order valence-corrected chi connectivity index (χ4v) is 10.1. The van der Waals surface area contributed by atoms with Crippen LogP contribution < -0.4 is 5.32 Å². The van der Waals surface area contributed by atoms with Crippen LogP contribution in [0.3, 0.4) is 0 Å². The maximum absolute atomic E-state index is 12.0. The minimum atomic E-state index is -0.0568. The largest absolute Gasteiger partial charge is 0.491 e. The van der Waals surface area contributed by atoms with Gasteiger partial charge in [0.25, 0.3) is 0 Å². The number of esters is 1. The summed E-state index contributed by atoms with van der Waals surface area (Å²) in [6.45, 7) is 16.3. The van der Waals surface area contributed by atoms with Crippen molar-refractivity contribution in [1.29, 1.82) is 0 Å². The van der Waals surface area contributed by atoms with Gasteiger partial charge in [-0.2, -0.15) is 0 Å². The Bertz CT molecular complexity index is 1050. The van der Waals surface area contributed by atoms with Crippen molar-refractivity contribution in [2.45, 2.75) is 131 Å². The molecule has 1 heterocycles. The quantitative estimate of drug-likeness (QED) is 0.256. The van der Waals surface area contributed by atoms with Gasteiger partial charge in [-0.1, -0.05) is 46.3 Å². The summed E-state index contributed by atoms with van der Waals surface area (Å²) >= 11 is 0. The average molecular weight is 540 g/mol. The lowest BCUT2D eigenvalue weighted by Crippen LogP contribution is -2.50. The number of fused-ring (bicyclic) bond motifs is 7. The zero-order chi connectivity index (χ0) is 28.2. The predicted molar refractivity (Wildman–Crippen MR) is 155 cm³/mol. The standard InChI is InChI=1S/C34H53NO4/c1-8-30(37)38-25-14-16-32(6)24(18-25)11-12-26-27(32)15-17-33(7)28(26)19-34(9-2)31(33)22(4)29(39-34)13-10-21(3)20-35-23(5)36/h11,21,25-28,31H,8-10,12-20H2,1-7H3,(H,35,36)/t21-,25-,26-,27+,28+,31-,32-,33-,34+/m0/s1. The van der Waals surface area contributed by atoms with Crippen molar-refractivity contribution in [2.24, 2.45) is 40.4 Å². The monoisotopic (exact) mass is 539 g/mol. The van der Waals surface area contributed by atoms with Gasteiger partial charge in [0.2, 0.25) is 5.91 Å². The molecule has 0 spiro atoms. The number of carbonyl (C=O) groups excluding carboxylic acids is 2. The molecule has 5 rings (SSSR count). The molecule has 218 valence electrons. The van der Waals surface area contributed by atoms with Gasteiger partial charge in [-0.05, 0) is 98.4 Å². The summed E-state index contributed by atoms with van der Waals surface area (Å²) in [6, 6.07) is 0. The SMILES string of the molecule is CCC(=O)O[C@H]1CC[C@@]2(C)C(=CC[C@@H]3[C@H]4C[C@@]5(CC)OC(CC[C@H](C)CNC(C)=O)=C(C)[C@H]5[C@@]4(C)CC[C@H]32)C1. The molecule has 0 saturated heterocycles. The molecule has 5 heteroatoms. The first-order valence-corrected chi connectivity index (χ1v) is 16.0. The van der Waals surface area contributed by atoms with Crippen molar-refractivity contribution in [1.82, 2.24) is 5.32 Å². The van der Waals surface area contributed by atoms with Crippen LogP contribution in [0.5, 0.6) is 0 Å². The second-order valence-corrected chi connectivity index (χ2v) is 14.4. The van der Waals surface area contributed by atoms with Crippen molar-refractivity contribution in [2.75, 3.05) is 6.54 Å². The van der Waals surface area contributed by atoms with Crippen LogP contribution >= 0.6 is 0 Å². The Hall–Kier alpha value is -1.78. The van der Waals surface area contributed by atoms with Gasteiger partial charge >= 0.3 is 5.97 Å². The summed E-state index contributed by atoms with van der Waals surface area (Å²) in [6.07, 6.45) is 14.2. The summed E-state index contributed by atoms with van der Waals surface area (Å²) in [5.41, 5.74) is 3.57. The number of ether oxygens (including phenoxy) is 2. The number of carbonyl (C=O) groups is 2. The summed E-state index contributed by atoms with van der Waals surface area (Å²) in [5, 5.41) is 2.97. The van der Waals surface area contributed by atoms with E-state index >= 15 is 0 Å². The van der Waals surface area contributed by atoms with E-state index in [4.69, 9.17) is 9.47 Å². The van der Waals surface area contributed by atoms with E-state index in [0.29, 0.717) is 29.6 Å². The summed E-state index contributed by atoms with van der Waals surface area (Å²) in [7, 11) is 0. The van der Waals surface area contributed by atoms with Crippen LogP contribution in [-0.2, 0) is 19.1 Å². The Morgan fingerprint density at radius 3 is 2.64 bits per heavy atom. The van der Waals surface area contributed by atoms with Crippen LogP contribution in [0.4, 0.5) is 0 Å². The Balaban J connectivity index is 1.34. The van der Waals surface area contributed by atoms with E-state index in [1.807, 2.05) is 6.92 Å². The van der Waals surface area contributed by atoms with Gasteiger partial charge in [0.05, 0.1) is 5.76 Å². The second-order valence-electron chi connectivity index (χ2n) is 14.4. The van der Waals surface area contributed by atoms with Gasteiger partial charge in [0, 0.05) is 38.6 Å². The van der Waals surface area contributed by atoms with E-state index < -0.39 is 0 Å². The van der Waals surface area contributed by atoms with E-state index in [2.05, 4.69) is 46.0 Å². The first-order chi connectivity index (χ1) is 18.5. The summed E-state index contributed by atoms with van der Waals surface area (Å²) in [5.74, 6) is 4.35. The fourth-order valence-electron chi connectivity index (χ4n) is 10.1. The molecule has 39 heavy (non-hydrogen) atoms. The minimum Gasteiger partial charge on any atom is -0.491 e. The molecule has 3 fully saturated rings. The van der Waals surface area contributed by atoms with Crippen LogP contribution in [0.15, 0.2) is 23.0 Å². The Morgan fingerprint density at radius 2 is 1.95 bits per heavy atom. The van der Waals surface area contributed by atoms with Crippen LogP contribution in [0, 0.1) is 40.4 Å². The minimum absolute atomic E-state index is 0.0501. The number of nitrogens with one attached hydrogen (secondary N) is 1. The van der Waals surface area contributed by atoms with E-state index in [9.17, 15) is 9.59 Å². The summed E-state index contributed by atoms with van der Waals surface area (Å²) < 4.78 is 12.9. The maximum Gasteiger partial charge on any atom is 0.305 e. The maximum atomic E-state index is 12.0. The van der Waals surface area contributed by atoms with E-state index in [1.54, 1.807) is 12.5 Å². The molecule has 0 bridgehead atoms. The molecule has 1 aliphatic heterocycles. The van der Waals surface area contributed by atoms with Crippen molar-refractivity contribution >= 4 is 11.9 Å². The van der Waals surface area contributed by atoms with Gasteiger partial charge in [0.1, 0.15) is 11.7 Å². The molecule has 3 saturated carbocycles. The lowest BCUT2D eigenvalue weighted by atomic mass is 9.47. The molecule has 1 N–H and O–H groups in total. The molecular formula is C34H53NO4. The van der Waals surface area contributed by atoms with Crippen LogP contribution in [0.1, 0.15) is 119 Å². The van der Waals surface area contributed by atoms with Crippen LogP contribution in [0.2, 0.25) is 0 Å². The average Bonchev–Trinajstić information content (AvgIpc) is 3.34.